The maximum Gasteiger partial charge on any atom is 0.227 e. The Morgan fingerprint density at radius 3 is 2.79 bits per heavy atom. The Labute approximate surface area is 115 Å². The second kappa shape index (κ2) is 6.20. The van der Waals surface area contributed by atoms with Gasteiger partial charge < -0.3 is 10.4 Å². The second-order valence-corrected chi connectivity index (χ2v) is 5.60. The molecule has 1 aromatic rings. The van der Waals surface area contributed by atoms with E-state index in [1.165, 1.54) is 18.4 Å². The van der Waals surface area contributed by atoms with Crippen molar-refractivity contribution in [1.82, 2.24) is 5.32 Å². The average Bonchev–Trinajstić information content (AvgIpc) is 3.21. The molecule has 0 bridgehead atoms. The van der Waals surface area contributed by atoms with E-state index in [1.807, 2.05) is 32.0 Å². The summed E-state index contributed by atoms with van der Waals surface area (Å²) in [7, 11) is 0. The number of carbonyl (C=O) groups excluding carboxylic acids is 1. The fourth-order valence-electron chi connectivity index (χ4n) is 2.46. The van der Waals surface area contributed by atoms with Crippen molar-refractivity contribution in [3.8, 4) is 0 Å². The largest absolute Gasteiger partial charge is 0.396 e. The van der Waals surface area contributed by atoms with Crippen molar-refractivity contribution in [3.63, 3.8) is 0 Å². The standard InChI is InChI=1S/C16H23NO2/c1-11-4-3-5-14(10-11)12(2)16(19)17-15(8-9-18)13-6-7-13/h3-5,10,12-13,15,18H,6-9H2,1-2H3,(H,17,19). The molecule has 0 heterocycles. The van der Waals surface area contributed by atoms with Crippen molar-refractivity contribution in [3.05, 3.63) is 35.4 Å². The lowest BCUT2D eigenvalue weighted by Gasteiger charge is -2.20. The van der Waals surface area contributed by atoms with Crippen LogP contribution in [0.1, 0.15) is 43.2 Å². The van der Waals surface area contributed by atoms with Crippen molar-refractivity contribution < 1.29 is 9.90 Å². The minimum Gasteiger partial charge on any atom is -0.396 e. The van der Waals surface area contributed by atoms with E-state index < -0.39 is 0 Å². The van der Waals surface area contributed by atoms with E-state index in [0.717, 1.165) is 5.56 Å². The molecule has 0 spiro atoms. The smallest absolute Gasteiger partial charge is 0.227 e. The van der Waals surface area contributed by atoms with Crippen LogP contribution in [0.25, 0.3) is 0 Å². The Hall–Kier alpha value is -1.35. The number of hydrogen-bond donors (Lipinski definition) is 2. The number of amides is 1. The van der Waals surface area contributed by atoms with Crippen LogP contribution >= 0.6 is 0 Å². The highest BCUT2D eigenvalue weighted by atomic mass is 16.3. The zero-order valence-electron chi connectivity index (χ0n) is 11.7. The van der Waals surface area contributed by atoms with E-state index in [9.17, 15) is 4.79 Å². The minimum absolute atomic E-state index is 0.0657. The summed E-state index contributed by atoms with van der Waals surface area (Å²) in [5.41, 5.74) is 2.22. The summed E-state index contributed by atoms with van der Waals surface area (Å²) in [5.74, 6) is 0.497. The normalized spacial score (nSPS) is 17.8. The highest BCUT2D eigenvalue weighted by molar-refractivity contribution is 5.83. The van der Waals surface area contributed by atoms with Gasteiger partial charge in [0, 0.05) is 12.6 Å². The molecule has 0 aliphatic heterocycles. The molecule has 1 saturated carbocycles. The molecule has 2 unspecified atom stereocenters. The fraction of sp³-hybridized carbons (Fsp3) is 0.562. The van der Waals surface area contributed by atoms with Crippen LogP contribution in [0.4, 0.5) is 0 Å². The first kappa shape index (κ1) is 14.1. The highest BCUT2D eigenvalue weighted by Crippen LogP contribution is 2.34. The third kappa shape index (κ3) is 3.80. The number of aryl methyl sites for hydroxylation is 1. The predicted molar refractivity (Wildman–Crippen MR) is 76.0 cm³/mol. The number of hydrogen-bond acceptors (Lipinski definition) is 2. The molecular weight excluding hydrogens is 238 g/mol. The molecule has 2 atom stereocenters. The predicted octanol–water partition coefficient (Wildman–Crippen LogP) is 2.38. The van der Waals surface area contributed by atoms with Crippen LogP contribution in [0.3, 0.4) is 0 Å². The molecule has 3 nitrogen and oxygen atoms in total. The SMILES string of the molecule is Cc1cccc(C(C)C(=O)NC(CCO)C2CC2)c1. The van der Waals surface area contributed by atoms with Gasteiger partial charge in [-0.25, -0.2) is 0 Å². The maximum atomic E-state index is 12.3. The van der Waals surface area contributed by atoms with Crippen LogP contribution in [0.5, 0.6) is 0 Å². The number of rotatable bonds is 6. The summed E-state index contributed by atoms with van der Waals surface area (Å²) in [4.78, 5) is 12.3. The van der Waals surface area contributed by atoms with Gasteiger partial charge in [0.25, 0.3) is 0 Å². The molecule has 2 rings (SSSR count). The monoisotopic (exact) mass is 261 g/mol. The summed E-state index contributed by atoms with van der Waals surface area (Å²) in [6.45, 7) is 4.11. The zero-order valence-corrected chi connectivity index (χ0v) is 11.7. The first-order valence-corrected chi connectivity index (χ1v) is 7.09. The van der Waals surface area contributed by atoms with E-state index in [2.05, 4.69) is 11.4 Å². The molecule has 1 aliphatic carbocycles. The molecular formula is C16H23NO2. The summed E-state index contributed by atoms with van der Waals surface area (Å²) in [6, 6.07) is 8.22. The van der Waals surface area contributed by atoms with E-state index in [1.54, 1.807) is 0 Å². The molecule has 2 N–H and O–H groups in total. The van der Waals surface area contributed by atoms with E-state index in [4.69, 9.17) is 5.11 Å². The first-order valence-electron chi connectivity index (χ1n) is 7.09. The number of nitrogens with one attached hydrogen (secondary N) is 1. The summed E-state index contributed by atoms with van der Waals surface area (Å²) in [5, 5.41) is 12.2. The van der Waals surface area contributed by atoms with Crippen LogP contribution in [0, 0.1) is 12.8 Å². The molecule has 0 saturated heterocycles. The van der Waals surface area contributed by atoms with Gasteiger partial charge in [-0.1, -0.05) is 29.8 Å². The van der Waals surface area contributed by atoms with Gasteiger partial charge >= 0.3 is 0 Å². The van der Waals surface area contributed by atoms with Crippen molar-refractivity contribution >= 4 is 5.91 Å². The van der Waals surface area contributed by atoms with Crippen LogP contribution in [-0.2, 0) is 4.79 Å². The van der Waals surface area contributed by atoms with Gasteiger partial charge in [-0.05, 0) is 44.6 Å². The Bertz CT molecular complexity index is 440. The maximum absolute atomic E-state index is 12.3. The van der Waals surface area contributed by atoms with Crippen LogP contribution in [0.15, 0.2) is 24.3 Å². The molecule has 0 aromatic heterocycles. The molecule has 19 heavy (non-hydrogen) atoms. The Morgan fingerprint density at radius 2 is 2.21 bits per heavy atom. The average molecular weight is 261 g/mol. The molecule has 3 heteroatoms. The Kier molecular flexibility index (Phi) is 4.59. The quantitative estimate of drug-likeness (QED) is 0.826. The number of aliphatic hydroxyl groups excluding tert-OH is 1. The molecule has 104 valence electrons. The Morgan fingerprint density at radius 1 is 1.47 bits per heavy atom. The number of aliphatic hydroxyl groups is 1. The molecule has 0 radical (unpaired) electrons. The molecule has 1 fully saturated rings. The number of benzene rings is 1. The van der Waals surface area contributed by atoms with Crippen molar-refractivity contribution in [2.45, 2.75) is 45.1 Å². The van der Waals surface area contributed by atoms with Gasteiger partial charge in [0.15, 0.2) is 0 Å². The Balaban J connectivity index is 1.98. The van der Waals surface area contributed by atoms with Gasteiger partial charge in [-0.3, -0.25) is 4.79 Å². The summed E-state index contributed by atoms with van der Waals surface area (Å²) >= 11 is 0. The van der Waals surface area contributed by atoms with Crippen molar-refractivity contribution in [2.75, 3.05) is 6.61 Å². The van der Waals surface area contributed by atoms with Crippen molar-refractivity contribution in [2.24, 2.45) is 5.92 Å². The third-order valence-electron chi connectivity index (χ3n) is 3.89. The lowest BCUT2D eigenvalue weighted by Crippen LogP contribution is -2.39. The van der Waals surface area contributed by atoms with Gasteiger partial charge in [-0.15, -0.1) is 0 Å². The van der Waals surface area contributed by atoms with Gasteiger partial charge in [0.2, 0.25) is 5.91 Å². The minimum atomic E-state index is -0.139. The van der Waals surface area contributed by atoms with Crippen LogP contribution in [-0.4, -0.2) is 23.7 Å². The van der Waals surface area contributed by atoms with Crippen LogP contribution in [0.2, 0.25) is 0 Å². The fourth-order valence-corrected chi connectivity index (χ4v) is 2.46. The topological polar surface area (TPSA) is 49.3 Å². The van der Waals surface area contributed by atoms with Gasteiger partial charge in [-0.2, -0.15) is 0 Å². The zero-order chi connectivity index (χ0) is 13.8. The summed E-state index contributed by atoms with van der Waals surface area (Å²) < 4.78 is 0. The van der Waals surface area contributed by atoms with Crippen LogP contribution < -0.4 is 5.32 Å². The molecule has 1 amide bonds. The molecule has 1 aliphatic rings. The third-order valence-corrected chi connectivity index (χ3v) is 3.89. The first-order chi connectivity index (χ1) is 9.11. The van der Waals surface area contributed by atoms with E-state index in [0.29, 0.717) is 12.3 Å². The van der Waals surface area contributed by atoms with Gasteiger partial charge in [0.1, 0.15) is 0 Å². The summed E-state index contributed by atoms with van der Waals surface area (Å²) in [6.07, 6.45) is 3.00. The second-order valence-electron chi connectivity index (χ2n) is 5.60. The highest BCUT2D eigenvalue weighted by Gasteiger charge is 2.32. The van der Waals surface area contributed by atoms with Gasteiger partial charge in [0.05, 0.1) is 5.92 Å². The molecule has 1 aromatic carbocycles. The lowest BCUT2D eigenvalue weighted by atomic mass is 9.97. The van der Waals surface area contributed by atoms with Crippen molar-refractivity contribution in [1.29, 1.82) is 0 Å². The number of carbonyl (C=O) groups is 1. The van der Waals surface area contributed by atoms with E-state index >= 15 is 0 Å². The lowest BCUT2D eigenvalue weighted by molar-refractivity contribution is -0.123. The van der Waals surface area contributed by atoms with E-state index in [-0.39, 0.29) is 24.5 Å².